The van der Waals surface area contributed by atoms with E-state index in [0.29, 0.717) is 6.04 Å². The van der Waals surface area contributed by atoms with Crippen molar-refractivity contribution in [2.75, 3.05) is 13.1 Å². The van der Waals surface area contributed by atoms with E-state index in [9.17, 15) is 0 Å². The maximum absolute atomic E-state index is 3.95. The zero-order valence-corrected chi connectivity index (χ0v) is 6.01. The molecule has 0 aromatic heterocycles. The molecule has 1 aliphatic rings. The molecule has 0 saturated carbocycles. The minimum Gasteiger partial charge on any atom is -0.297 e. The Morgan fingerprint density at radius 3 is 2.67 bits per heavy atom. The monoisotopic (exact) mass is 124 g/mol. The molecular formula is C8H14N. The first-order valence-corrected chi connectivity index (χ1v) is 3.53. The van der Waals surface area contributed by atoms with Gasteiger partial charge in [0, 0.05) is 19.1 Å². The van der Waals surface area contributed by atoms with Crippen LogP contribution in [0.15, 0.2) is 12.2 Å². The van der Waals surface area contributed by atoms with Gasteiger partial charge in [0.1, 0.15) is 0 Å². The number of hydrogen-bond acceptors (Lipinski definition) is 1. The van der Waals surface area contributed by atoms with E-state index in [1.54, 1.807) is 0 Å². The van der Waals surface area contributed by atoms with Crippen molar-refractivity contribution >= 4 is 0 Å². The van der Waals surface area contributed by atoms with E-state index in [1.807, 2.05) is 0 Å². The van der Waals surface area contributed by atoms with Gasteiger partial charge in [-0.3, -0.25) is 4.90 Å². The van der Waals surface area contributed by atoms with Gasteiger partial charge in [0.05, 0.1) is 0 Å². The first kappa shape index (κ1) is 6.81. The molecule has 1 atom stereocenters. The van der Waals surface area contributed by atoms with Crippen LogP contribution in [-0.4, -0.2) is 24.0 Å². The minimum absolute atomic E-state index is 0.468. The highest BCUT2D eigenvalue weighted by Crippen LogP contribution is 2.04. The molecule has 0 amide bonds. The Morgan fingerprint density at radius 1 is 1.56 bits per heavy atom. The summed E-state index contributed by atoms with van der Waals surface area (Å²) in [6.45, 7) is 8.36. The van der Waals surface area contributed by atoms with Crippen molar-refractivity contribution in [2.45, 2.75) is 19.4 Å². The second kappa shape index (κ2) is 3.02. The first-order valence-electron chi connectivity index (χ1n) is 3.53. The summed E-state index contributed by atoms with van der Waals surface area (Å²) < 4.78 is 0. The Kier molecular flexibility index (Phi) is 2.29. The molecule has 0 saturated heterocycles. The Hall–Kier alpha value is -0.300. The quantitative estimate of drug-likeness (QED) is 0.478. The Balaban J connectivity index is 2.35. The molecule has 1 radical (unpaired) electrons. The average Bonchev–Trinajstić information content (AvgIpc) is 1.90. The van der Waals surface area contributed by atoms with Crippen molar-refractivity contribution in [3.05, 3.63) is 19.1 Å². The second-order valence-electron chi connectivity index (χ2n) is 2.60. The Bertz CT molecular complexity index is 105. The van der Waals surface area contributed by atoms with E-state index in [4.69, 9.17) is 0 Å². The highest BCUT2D eigenvalue weighted by molar-refractivity contribution is 4.92. The molecule has 9 heavy (non-hydrogen) atoms. The van der Waals surface area contributed by atoms with Gasteiger partial charge in [-0.15, -0.1) is 0 Å². The lowest BCUT2D eigenvalue weighted by Gasteiger charge is -2.26. The molecule has 51 valence electrons. The van der Waals surface area contributed by atoms with E-state index in [1.165, 1.54) is 13.0 Å². The standard InChI is InChI=1S/C8H14N/c1-8(2)9-6-4-3-5-7-9/h3-4,8H,1,5-7H2,2H3. The fourth-order valence-electron chi connectivity index (χ4n) is 1.06. The number of hydrogen-bond donors (Lipinski definition) is 0. The van der Waals surface area contributed by atoms with Crippen molar-refractivity contribution in [3.63, 3.8) is 0 Å². The van der Waals surface area contributed by atoms with Crippen molar-refractivity contribution in [2.24, 2.45) is 0 Å². The topological polar surface area (TPSA) is 3.24 Å². The van der Waals surface area contributed by atoms with Crippen LogP contribution in [0.25, 0.3) is 0 Å². The predicted octanol–water partition coefficient (Wildman–Crippen LogP) is 1.47. The molecule has 0 aromatic carbocycles. The Morgan fingerprint density at radius 2 is 2.33 bits per heavy atom. The van der Waals surface area contributed by atoms with Crippen molar-refractivity contribution in [1.29, 1.82) is 0 Å². The summed E-state index contributed by atoms with van der Waals surface area (Å²) in [6, 6.07) is 0.468. The summed E-state index contributed by atoms with van der Waals surface area (Å²) in [7, 11) is 0. The molecule has 1 heteroatoms. The van der Waals surface area contributed by atoms with Gasteiger partial charge in [0.15, 0.2) is 0 Å². The summed E-state index contributed by atoms with van der Waals surface area (Å²) >= 11 is 0. The SMILES string of the molecule is [CH2]C(C)N1CC=CCC1. The summed E-state index contributed by atoms with van der Waals surface area (Å²) in [6.07, 6.45) is 5.64. The van der Waals surface area contributed by atoms with Gasteiger partial charge in [0.25, 0.3) is 0 Å². The zero-order valence-electron chi connectivity index (χ0n) is 6.01. The Labute approximate surface area is 57.4 Å². The molecule has 0 aromatic rings. The highest BCUT2D eigenvalue weighted by Gasteiger charge is 2.07. The van der Waals surface area contributed by atoms with Crippen LogP contribution in [-0.2, 0) is 0 Å². The predicted molar refractivity (Wildman–Crippen MR) is 40.1 cm³/mol. The summed E-state index contributed by atoms with van der Waals surface area (Å²) in [5.41, 5.74) is 0. The molecule has 0 spiro atoms. The van der Waals surface area contributed by atoms with Gasteiger partial charge in [-0.25, -0.2) is 0 Å². The van der Waals surface area contributed by atoms with E-state index < -0.39 is 0 Å². The van der Waals surface area contributed by atoms with Gasteiger partial charge in [-0.1, -0.05) is 12.2 Å². The van der Waals surface area contributed by atoms with Crippen molar-refractivity contribution < 1.29 is 0 Å². The lowest BCUT2D eigenvalue weighted by atomic mass is 10.2. The number of rotatable bonds is 1. The van der Waals surface area contributed by atoms with Crippen molar-refractivity contribution in [3.8, 4) is 0 Å². The lowest BCUT2D eigenvalue weighted by Crippen LogP contribution is -2.33. The van der Waals surface area contributed by atoms with Crippen LogP contribution in [0.5, 0.6) is 0 Å². The molecule has 1 aliphatic heterocycles. The van der Waals surface area contributed by atoms with Gasteiger partial charge in [-0.2, -0.15) is 0 Å². The van der Waals surface area contributed by atoms with Gasteiger partial charge < -0.3 is 0 Å². The minimum atomic E-state index is 0.468. The van der Waals surface area contributed by atoms with Gasteiger partial charge in [0.2, 0.25) is 0 Å². The summed E-state index contributed by atoms with van der Waals surface area (Å²) in [5, 5.41) is 0. The molecule has 1 rings (SSSR count). The second-order valence-corrected chi connectivity index (χ2v) is 2.60. The molecule has 1 heterocycles. The van der Waals surface area contributed by atoms with E-state index in [-0.39, 0.29) is 0 Å². The number of nitrogens with zero attached hydrogens (tertiary/aromatic N) is 1. The molecule has 0 fully saturated rings. The van der Waals surface area contributed by atoms with Crippen LogP contribution in [0, 0.1) is 6.92 Å². The van der Waals surface area contributed by atoms with Crippen LogP contribution in [0.3, 0.4) is 0 Å². The largest absolute Gasteiger partial charge is 0.297 e. The molecular weight excluding hydrogens is 110 g/mol. The summed E-state index contributed by atoms with van der Waals surface area (Å²) in [4.78, 5) is 2.36. The first-order chi connectivity index (χ1) is 4.30. The third-order valence-corrected chi connectivity index (χ3v) is 1.71. The highest BCUT2D eigenvalue weighted by atomic mass is 15.1. The van der Waals surface area contributed by atoms with Crippen molar-refractivity contribution in [1.82, 2.24) is 4.90 Å². The van der Waals surface area contributed by atoms with E-state index >= 15 is 0 Å². The fraction of sp³-hybridized carbons (Fsp3) is 0.625. The average molecular weight is 124 g/mol. The molecule has 0 aliphatic carbocycles. The third kappa shape index (κ3) is 1.83. The lowest BCUT2D eigenvalue weighted by molar-refractivity contribution is 0.262. The normalized spacial score (nSPS) is 21.2. The molecule has 1 unspecified atom stereocenters. The van der Waals surface area contributed by atoms with E-state index in [2.05, 4.69) is 30.9 Å². The molecule has 1 nitrogen and oxygen atoms in total. The zero-order chi connectivity index (χ0) is 6.69. The molecule has 0 bridgehead atoms. The van der Waals surface area contributed by atoms with Crippen LogP contribution in [0.2, 0.25) is 0 Å². The maximum Gasteiger partial charge on any atom is 0.0166 e. The molecule has 0 N–H and O–H groups in total. The smallest absolute Gasteiger partial charge is 0.0166 e. The van der Waals surface area contributed by atoms with Crippen LogP contribution in [0.4, 0.5) is 0 Å². The van der Waals surface area contributed by atoms with Gasteiger partial charge in [-0.05, 0) is 20.3 Å². The van der Waals surface area contributed by atoms with Crippen LogP contribution < -0.4 is 0 Å². The van der Waals surface area contributed by atoms with Crippen LogP contribution in [0.1, 0.15) is 13.3 Å². The van der Waals surface area contributed by atoms with E-state index in [0.717, 1.165) is 6.54 Å². The third-order valence-electron chi connectivity index (χ3n) is 1.71. The maximum atomic E-state index is 3.95. The summed E-state index contributed by atoms with van der Waals surface area (Å²) in [5.74, 6) is 0. The fourth-order valence-corrected chi connectivity index (χ4v) is 1.06. The van der Waals surface area contributed by atoms with Crippen LogP contribution >= 0.6 is 0 Å². The van der Waals surface area contributed by atoms with Gasteiger partial charge >= 0.3 is 0 Å².